The number of rotatable bonds is 4. The maximum absolute atomic E-state index is 12.9. The van der Waals surface area contributed by atoms with Crippen molar-refractivity contribution in [3.63, 3.8) is 0 Å². The normalized spacial score (nSPS) is 11.3. The lowest BCUT2D eigenvalue weighted by Crippen LogP contribution is -1.98. The molecule has 0 aliphatic carbocycles. The molecule has 0 saturated carbocycles. The van der Waals surface area contributed by atoms with Gasteiger partial charge in [-0.2, -0.15) is 9.78 Å². The molecule has 5 nitrogen and oxygen atoms in total. The molecule has 25 heavy (non-hydrogen) atoms. The summed E-state index contributed by atoms with van der Waals surface area (Å²) in [6.45, 7) is 0. The third-order valence-corrected chi connectivity index (χ3v) is 4.28. The first kappa shape index (κ1) is 15.7. The second-order valence-corrected chi connectivity index (χ2v) is 6.19. The van der Waals surface area contributed by atoms with Gasteiger partial charge in [-0.05, 0) is 48.7 Å². The minimum Gasteiger partial charge on any atom is -0.493 e. The van der Waals surface area contributed by atoms with Gasteiger partial charge in [0.2, 0.25) is 11.8 Å². The minimum atomic E-state index is -0.260. The predicted octanol–water partition coefficient (Wildman–Crippen LogP) is 4.03. The molecule has 0 radical (unpaired) electrons. The van der Waals surface area contributed by atoms with Crippen LogP contribution in [0.15, 0.2) is 48.7 Å². The predicted molar refractivity (Wildman–Crippen MR) is 93.7 cm³/mol. The van der Waals surface area contributed by atoms with E-state index >= 15 is 0 Å². The Hall–Kier alpha value is -2.86. The molecule has 2 aromatic carbocycles. The number of nitrogens with zero attached hydrogens (tertiary/aromatic N) is 3. The Morgan fingerprint density at radius 2 is 1.92 bits per heavy atom. The highest BCUT2D eigenvalue weighted by atomic mass is 35.5. The van der Waals surface area contributed by atoms with Gasteiger partial charge in [-0.25, -0.2) is 9.37 Å². The van der Waals surface area contributed by atoms with E-state index in [-0.39, 0.29) is 11.7 Å². The fourth-order valence-corrected chi connectivity index (χ4v) is 2.87. The standard InChI is InChI=1S/C18H14ClFN4O/c19-13-5-8-15-16(9-13)23-18(22-15)24-17(25)12(10-21-24)4-1-11-2-6-14(20)7-3-11/h2-3,5-10,25H,1,4H2,(H,22,23). The number of imidazole rings is 1. The van der Waals surface area contributed by atoms with Crippen molar-refractivity contribution in [3.8, 4) is 11.8 Å². The van der Waals surface area contributed by atoms with Gasteiger partial charge in [-0.1, -0.05) is 23.7 Å². The summed E-state index contributed by atoms with van der Waals surface area (Å²) in [5.41, 5.74) is 3.20. The summed E-state index contributed by atoms with van der Waals surface area (Å²) in [4.78, 5) is 7.51. The van der Waals surface area contributed by atoms with Crippen molar-refractivity contribution in [2.24, 2.45) is 0 Å². The fourth-order valence-electron chi connectivity index (χ4n) is 2.70. The molecular formula is C18H14ClFN4O. The van der Waals surface area contributed by atoms with Crippen LogP contribution in [-0.2, 0) is 12.8 Å². The smallest absolute Gasteiger partial charge is 0.232 e. The molecule has 4 aromatic rings. The molecule has 0 aliphatic rings. The zero-order chi connectivity index (χ0) is 17.4. The van der Waals surface area contributed by atoms with E-state index in [4.69, 9.17) is 11.6 Å². The van der Waals surface area contributed by atoms with Crippen LogP contribution in [0.25, 0.3) is 17.0 Å². The largest absolute Gasteiger partial charge is 0.493 e. The van der Waals surface area contributed by atoms with E-state index in [0.717, 1.165) is 11.1 Å². The van der Waals surface area contributed by atoms with Gasteiger partial charge in [-0.3, -0.25) is 0 Å². The van der Waals surface area contributed by atoms with Gasteiger partial charge < -0.3 is 10.1 Å². The van der Waals surface area contributed by atoms with E-state index < -0.39 is 0 Å². The molecular weight excluding hydrogens is 343 g/mol. The van der Waals surface area contributed by atoms with Gasteiger partial charge in [0.05, 0.1) is 17.2 Å². The maximum Gasteiger partial charge on any atom is 0.232 e. The summed E-state index contributed by atoms with van der Waals surface area (Å²) < 4.78 is 14.3. The zero-order valence-corrected chi connectivity index (χ0v) is 13.8. The van der Waals surface area contributed by atoms with Crippen LogP contribution in [0.3, 0.4) is 0 Å². The average Bonchev–Trinajstić information content (AvgIpc) is 3.17. The first-order valence-electron chi connectivity index (χ1n) is 7.76. The molecule has 0 bridgehead atoms. The Morgan fingerprint density at radius 1 is 1.12 bits per heavy atom. The van der Waals surface area contributed by atoms with Gasteiger partial charge in [-0.15, -0.1) is 0 Å². The van der Waals surface area contributed by atoms with Gasteiger partial charge >= 0.3 is 0 Å². The summed E-state index contributed by atoms with van der Waals surface area (Å²) >= 11 is 5.97. The highest BCUT2D eigenvalue weighted by Crippen LogP contribution is 2.24. The number of aryl methyl sites for hydroxylation is 2. The molecule has 0 unspecified atom stereocenters. The van der Waals surface area contributed by atoms with Crippen LogP contribution in [0.2, 0.25) is 5.02 Å². The van der Waals surface area contributed by atoms with Crippen molar-refractivity contribution in [2.75, 3.05) is 0 Å². The number of hydrogen-bond donors (Lipinski definition) is 2. The number of nitrogens with one attached hydrogen (secondary N) is 1. The van der Waals surface area contributed by atoms with E-state index in [1.54, 1.807) is 30.5 Å². The molecule has 126 valence electrons. The first-order chi connectivity index (χ1) is 12.1. The molecule has 0 aliphatic heterocycles. The lowest BCUT2D eigenvalue weighted by molar-refractivity contribution is 0.425. The van der Waals surface area contributed by atoms with Gasteiger partial charge in [0.1, 0.15) is 5.82 Å². The molecule has 0 saturated heterocycles. The third kappa shape index (κ3) is 3.08. The highest BCUT2D eigenvalue weighted by Gasteiger charge is 2.14. The van der Waals surface area contributed by atoms with Gasteiger partial charge in [0, 0.05) is 10.6 Å². The topological polar surface area (TPSA) is 66.7 Å². The molecule has 0 spiro atoms. The van der Waals surface area contributed by atoms with Crippen LogP contribution in [0, 0.1) is 5.82 Å². The Bertz CT molecular complexity index is 1040. The lowest BCUT2D eigenvalue weighted by atomic mass is 10.1. The molecule has 0 amide bonds. The Balaban J connectivity index is 1.58. The summed E-state index contributed by atoms with van der Waals surface area (Å²) in [5, 5.41) is 15.2. The molecule has 2 heterocycles. The van der Waals surface area contributed by atoms with Crippen LogP contribution < -0.4 is 0 Å². The molecule has 0 atom stereocenters. The number of benzene rings is 2. The minimum absolute atomic E-state index is 0.0345. The second kappa shape index (κ2) is 6.22. The number of aromatic hydroxyl groups is 1. The number of halogens is 2. The van der Waals surface area contributed by atoms with Crippen molar-refractivity contribution >= 4 is 22.6 Å². The van der Waals surface area contributed by atoms with E-state index in [1.807, 2.05) is 6.07 Å². The summed E-state index contributed by atoms with van der Waals surface area (Å²) in [6.07, 6.45) is 2.87. The van der Waals surface area contributed by atoms with Crippen molar-refractivity contribution in [3.05, 3.63) is 70.6 Å². The molecule has 2 aromatic heterocycles. The fraction of sp³-hybridized carbons (Fsp3) is 0.111. The Labute approximate surface area is 147 Å². The summed E-state index contributed by atoms with van der Waals surface area (Å²) in [7, 11) is 0. The van der Waals surface area contributed by atoms with Crippen molar-refractivity contribution in [2.45, 2.75) is 12.8 Å². The Morgan fingerprint density at radius 3 is 2.72 bits per heavy atom. The number of aromatic amines is 1. The second-order valence-electron chi connectivity index (χ2n) is 5.75. The number of fused-ring (bicyclic) bond motifs is 1. The molecule has 2 N–H and O–H groups in total. The molecule has 0 fully saturated rings. The lowest BCUT2D eigenvalue weighted by Gasteiger charge is -2.02. The highest BCUT2D eigenvalue weighted by molar-refractivity contribution is 6.31. The van der Waals surface area contributed by atoms with Crippen LogP contribution >= 0.6 is 11.6 Å². The molecule has 7 heteroatoms. The van der Waals surface area contributed by atoms with E-state index in [2.05, 4.69) is 15.1 Å². The average molecular weight is 357 g/mol. The molecule has 4 rings (SSSR count). The van der Waals surface area contributed by atoms with Crippen molar-refractivity contribution < 1.29 is 9.50 Å². The first-order valence-corrected chi connectivity index (χ1v) is 8.14. The summed E-state index contributed by atoms with van der Waals surface area (Å²) in [5.74, 6) is 0.194. The maximum atomic E-state index is 12.9. The third-order valence-electron chi connectivity index (χ3n) is 4.05. The van der Waals surface area contributed by atoms with E-state index in [1.165, 1.54) is 16.8 Å². The van der Waals surface area contributed by atoms with Crippen molar-refractivity contribution in [1.82, 2.24) is 19.7 Å². The van der Waals surface area contributed by atoms with Crippen LogP contribution in [0.4, 0.5) is 4.39 Å². The number of hydrogen-bond acceptors (Lipinski definition) is 3. The Kier molecular flexibility index (Phi) is 3.89. The zero-order valence-electron chi connectivity index (χ0n) is 13.1. The monoisotopic (exact) mass is 356 g/mol. The number of aromatic nitrogens is 4. The van der Waals surface area contributed by atoms with Crippen LogP contribution in [0.1, 0.15) is 11.1 Å². The van der Waals surface area contributed by atoms with E-state index in [9.17, 15) is 9.50 Å². The van der Waals surface area contributed by atoms with Gasteiger partial charge in [0.25, 0.3) is 0 Å². The van der Waals surface area contributed by atoms with Crippen LogP contribution in [0.5, 0.6) is 5.88 Å². The van der Waals surface area contributed by atoms with Crippen LogP contribution in [-0.4, -0.2) is 24.9 Å². The quantitative estimate of drug-likeness (QED) is 0.580. The number of H-pyrrole nitrogens is 1. The SMILES string of the molecule is Oc1c(CCc2ccc(F)cc2)cnn1-c1nc2cc(Cl)ccc2[nH]1. The van der Waals surface area contributed by atoms with Gasteiger partial charge in [0.15, 0.2) is 0 Å². The summed E-state index contributed by atoms with van der Waals surface area (Å²) in [6, 6.07) is 11.7. The van der Waals surface area contributed by atoms with E-state index in [0.29, 0.717) is 34.9 Å². The van der Waals surface area contributed by atoms with Crippen molar-refractivity contribution in [1.29, 1.82) is 0 Å².